The van der Waals surface area contributed by atoms with Gasteiger partial charge in [0, 0.05) is 23.4 Å². The molecule has 0 saturated heterocycles. The highest BCUT2D eigenvalue weighted by Crippen LogP contribution is 2.47. The Morgan fingerprint density at radius 2 is 2.05 bits per heavy atom. The van der Waals surface area contributed by atoms with Crippen LogP contribution >= 0.6 is 23.1 Å². The summed E-state index contributed by atoms with van der Waals surface area (Å²) in [6.07, 6.45) is 1.69. The lowest BCUT2D eigenvalue weighted by molar-refractivity contribution is -0.116. The number of aryl methyl sites for hydroxylation is 1. The minimum atomic E-state index is -0.588. The number of thioether (sulfide) groups is 1. The minimum absolute atomic E-state index is 0.0125. The molecule has 5 rings (SSSR count). The summed E-state index contributed by atoms with van der Waals surface area (Å²) in [4.78, 5) is 27.6. The highest BCUT2D eigenvalue weighted by molar-refractivity contribution is 8.01. The number of nitriles is 1. The molecule has 0 radical (unpaired) electrons. The van der Waals surface area contributed by atoms with Gasteiger partial charge < -0.3 is 15.8 Å². The number of Topliss-reactive ketones (excluding diaryl/α,β-unsaturated/α-hetero) is 1. The molecule has 1 aliphatic carbocycles. The van der Waals surface area contributed by atoms with Crippen LogP contribution in [0.4, 0.5) is 10.8 Å². The number of allylic oxidation sites excluding steroid dienone is 3. The summed E-state index contributed by atoms with van der Waals surface area (Å²) in [6, 6.07) is 15.4. The Balaban J connectivity index is 1.42. The van der Waals surface area contributed by atoms with Gasteiger partial charge in [0.2, 0.25) is 11.0 Å². The van der Waals surface area contributed by atoms with Crippen LogP contribution in [0.2, 0.25) is 0 Å². The summed E-state index contributed by atoms with van der Waals surface area (Å²) < 4.78 is 5.97. The van der Waals surface area contributed by atoms with Crippen molar-refractivity contribution in [2.75, 3.05) is 23.1 Å². The first-order valence-corrected chi connectivity index (χ1v) is 14.5. The molecule has 2 aliphatic rings. The number of rotatable bonds is 7. The zero-order valence-corrected chi connectivity index (χ0v) is 24.0. The fraction of sp³-hybridized carbons (Fsp3) is 0.276. The van der Waals surface area contributed by atoms with Crippen LogP contribution < -0.4 is 20.7 Å². The van der Waals surface area contributed by atoms with Crippen LogP contribution in [0.5, 0.6) is 5.75 Å². The van der Waals surface area contributed by atoms with E-state index in [4.69, 9.17) is 10.5 Å². The topological polar surface area (TPSA) is 134 Å². The molecule has 0 spiro atoms. The Kier molecular flexibility index (Phi) is 7.91. The molecule has 0 bridgehead atoms. The van der Waals surface area contributed by atoms with Crippen molar-refractivity contribution in [2.24, 2.45) is 5.73 Å². The van der Waals surface area contributed by atoms with E-state index in [1.165, 1.54) is 23.1 Å². The lowest BCUT2D eigenvalue weighted by Gasteiger charge is -2.38. The summed E-state index contributed by atoms with van der Waals surface area (Å²) in [5.74, 6) is 0.263. The van der Waals surface area contributed by atoms with Crippen molar-refractivity contribution in [3.8, 4) is 11.8 Å². The molecule has 1 aromatic heterocycles. The van der Waals surface area contributed by atoms with Gasteiger partial charge in [0.25, 0.3) is 0 Å². The molecule has 3 N–H and O–H groups in total. The van der Waals surface area contributed by atoms with Gasteiger partial charge in [0.05, 0.1) is 30.4 Å². The van der Waals surface area contributed by atoms with E-state index in [1.54, 1.807) is 12.0 Å². The Labute approximate surface area is 240 Å². The van der Waals surface area contributed by atoms with E-state index >= 15 is 0 Å². The number of amides is 1. The maximum atomic E-state index is 13.3. The molecule has 0 fully saturated rings. The molecule has 1 atom stereocenters. The van der Waals surface area contributed by atoms with Gasteiger partial charge >= 0.3 is 0 Å². The van der Waals surface area contributed by atoms with Crippen LogP contribution in [-0.2, 0) is 9.59 Å². The molecule has 1 unspecified atom stereocenters. The van der Waals surface area contributed by atoms with Crippen LogP contribution in [-0.4, -0.2) is 34.8 Å². The molecule has 1 aliphatic heterocycles. The number of methoxy groups -OCH3 is 1. The predicted molar refractivity (Wildman–Crippen MR) is 156 cm³/mol. The number of anilines is 2. The molecule has 1 amide bonds. The third-order valence-electron chi connectivity index (χ3n) is 7.13. The van der Waals surface area contributed by atoms with E-state index in [0.29, 0.717) is 40.1 Å². The number of ketones is 1. The van der Waals surface area contributed by atoms with Gasteiger partial charge in [-0.25, -0.2) is 0 Å². The fourth-order valence-corrected chi connectivity index (χ4v) is 6.69. The quantitative estimate of drug-likeness (QED) is 0.366. The molecular weight excluding hydrogens is 544 g/mol. The minimum Gasteiger partial charge on any atom is -0.497 e. The van der Waals surface area contributed by atoms with Crippen LogP contribution in [0.25, 0.3) is 0 Å². The zero-order valence-electron chi connectivity index (χ0n) is 22.4. The van der Waals surface area contributed by atoms with Crippen LogP contribution in [0.15, 0.2) is 69.5 Å². The van der Waals surface area contributed by atoms with Crippen molar-refractivity contribution in [1.82, 2.24) is 10.2 Å². The molecule has 0 saturated carbocycles. The van der Waals surface area contributed by atoms with E-state index < -0.39 is 5.92 Å². The molecular formula is C29H28N6O3S2. The predicted octanol–water partition coefficient (Wildman–Crippen LogP) is 5.20. The van der Waals surface area contributed by atoms with Crippen molar-refractivity contribution < 1.29 is 14.3 Å². The molecule has 204 valence electrons. The summed E-state index contributed by atoms with van der Waals surface area (Å²) in [5, 5.41) is 22.2. The lowest BCUT2D eigenvalue weighted by atomic mass is 9.76. The summed E-state index contributed by atoms with van der Waals surface area (Å²) in [7, 11) is 1.58. The maximum absolute atomic E-state index is 13.3. The number of hydrogen-bond acceptors (Lipinski definition) is 10. The Bertz CT molecular complexity index is 1600. The standard InChI is InChI=1S/C29H28N6O3S2/c1-16-7-4-10-21(17(16)2)32-24(37)15-39-29-34-33-28(40-29)35-22-11-6-12-23(36)26(22)25(20(14-30)27(35)31)18-8-5-9-19(13-18)38-3/h4-5,7-10,13,25H,6,11-12,15,31H2,1-3H3,(H,32,37). The zero-order chi connectivity index (χ0) is 28.4. The number of carbonyl (C=O) groups excluding carboxylic acids is 2. The summed E-state index contributed by atoms with van der Waals surface area (Å²) in [6.45, 7) is 3.97. The van der Waals surface area contributed by atoms with E-state index in [0.717, 1.165) is 28.1 Å². The van der Waals surface area contributed by atoms with E-state index in [-0.39, 0.29) is 28.8 Å². The number of nitrogens with one attached hydrogen (secondary N) is 1. The Hall–Kier alpha value is -4.14. The Morgan fingerprint density at radius 1 is 1.25 bits per heavy atom. The number of nitrogens with zero attached hydrogens (tertiary/aromatic N) is 4. The van der Waals surface area contributed by atoms with Crippen LogP contribution in [0, 0.1) is 25.2 Å². The normalized spacial score (nSPS) is 17.0. The van der Waals surface area contributed by atoms with E-state index in [2.05, 4.69) is 21.6 Å². The molecule has 3 aromatic rings. The number of aromatic nitrogens is 2. The maximum Gasteiger partial charge on any atom is 0.234 e. The van der Waals surface area contributed by atoms with Gasteiger partial charge in [0.15, 0.2) is 10.1 Å². The Morgan fingerprint density at radius 3 is 2.83 bits per heavy atom. The third kappa shape index (κ3) is 5.20. The molecule has 11 heteroatoms. The number of hydrogen-bond donors (Lipinski definition) is 2. The van der Waals surface area contributed by atoms with Gasteiger partial charge in [0.1, 0.15) is 11.6 Å². The number of carbonyl (C=O) groups is 2. The highest BCUT2D eigenvalue weighted by Gasteiger charge is 2.41. The van der Waals surface area contributed by atoms with Crippen molar-refractivity contribution in [2.45, 2.75) is 43.4 Å². The van der Waals surface area contributed by atoms with Gasteiger partial charge in [-0.1, -0.05) is 47.4 Å². The number of ether oxygens (including phenoxy) is 1. The number of benzene rings is 2. The van der Waals surface area contributed by atoms with Crippen molar-refractivity contribution in [3.63, 3.8) is 0 Å². The van der Waals surface area contributed by atoms with Crippen LogP contribution in [0.1, 0.15) is 41.9 Å². The molecule has 2 heterocycles. The van der Waals surface area contributed by atoms with Gasteiger partial charge in [-0.15, -0.1) is 10.2 Å². The van der Waals surface area contributed by atoms with Crippen molar-refractivity contribution >= 4 is 45.6 Å². The molecule has 9 nitrogen and oxygen atoms in total. The van der Waals surface area contributed by atoms with E-state index in [9.17, 15) is 14.9 Å². The second-order valence-electron chi connectivity index (χ2n) is 9.53. The van der Waals surface area contributed by atoms with Crippen molar-refractivity contribution in [1.29, 1.82) is 5.26 Å². The SMILES string of the molecule is COc1cccc(C2C(C#N)=C(N)N(c3nnc(SCC(=O)Nc4cccc(C)c4C)s3)C3=C2C(=O)CCC3)c1. The summed E-state index contributed by atoms with van der Waals surface area (Å²) in [5.41, 5.74) is 11.9. The van der Waals surface area contributed by atoms with Crippen LogP contribution in [0.3, 0.4) is 0 Å². The smallest absolute Gasteiger partial charge is 0.234 e. The van der Waals surface area contributed by atoms with Gasteiger partial charge in [-0.2, -0.15) is 5.26 Å². The first kappa shape index (κ1) is 27.4. The largest absolute Gasteiger partial charge is 0.497 e. The van der Waals surface area contributed by atoms with Gasteiger partial charge in [-0.3, -0.25) is 14.5 Å². The number of nitrogens with two attached hydrogens (primary N) is 1. The summed E-state index contributed by atoms with van der Waals surface area (Å²) >= 11 is 2.54. The average Bonchev–Trinajstić information content (AvgIpc) is 3.42. The second kappa shape index (κ2) is 11.5. The van der Waals surface area contributed by atoms with E-state index in [1.807, 2.05) is 56.3 Å². The molecule has 2 aromatic carbocycles. The van der Waals surface area contributed by atoms with Crippen molar-refractivity contribution in [3.05, 3.63) is 81.8 Å². The first-order valence-electron chi connectivity index (χ1n) is 12.7. The highest BCUT2D eigenvalue weighted by atomic mass is 32.2. The first-order chi connectivity index (χ1) is 19.3. The second-order valence-corrected chi connectivity index (χ2v) is 11.7. The van der Waals surface area contributed by atoms with Gasteiger partial charge in [-0.05, 0) is 61.6 Å². The molecule has 40 heavy (non-hydrogen) atoms. The third-order valence-corrected chi connectivity index (χ3v) is 9.17. The fourth-order valence-electron chi connectivity index (χ4n) is 5.01. The lowest BCUT2D eigenvalue weighted by Crippen LogP contribution is -2.38. The monoisotopic (exact) mass is 572 g/mol. The average molecular weight is 573 g/mol.